The van der Waals surface area contributed by atoms with Crippen LogP contribution in [0, 0.1) is 13.8 Å². The number of rotatable bonds is 5. The zero-order valence-corrected chi connectivity index (χ0v) is 17.7. The number of hydrogen-bond donors (Lipinski definition) is 1. The van der Waals surface area contributed by atoms with Crippen molar-refractivity contribution in [3.63, 3.8) is 0 Å². The topological polar surface area (TPSA) is 55.9 Å². The summed E-state index contributed by atoms with van der Waals surface area (Å²) in [4.78, 5) is 31.0. The molecule has 29 heavy (non-hydrogen) atoms. The average Bonchev–Trinajstić information content (AvgIpc) is 2.70. The summed E-state index contributed by atoms with van der Waals surface area (Å²) in [6, 6.07) is 13.7. The molecule has 0 saturated carbocycles. The van der Waals surface area contributed by atoms with E-state index in [4.69, 9.17) is 0 Å². The van der Waals surface area contributed by atoms with E-state index in [9.17, 15) is 9.59 Å². The fourth-order valence-corrected chi connectivity index (χ4v) is 3.56. The van der Waals surface area contributed by atoms with Crippen LogP contribution < -0.4 is 15.1 Å². The lowest BCUT2D eigenvalue weighted by atomic mass is 10.1. The summed E-state index contributed by atoms with van der Waals surface area (Å²) < 4.78 is 0. The summed E-state index contributed by atoms with van der Waals surface area (Å²) in [7, 11) is 2.14. The number of piperazine rings is 1. The van der Waals surface area contributed by atoms with Crippen LogP contribution in [0.3, 0.4) is 0 Å². The molecule has 2 amide bonds. The Morgan fingerprint density at radius 1 is 1.00 bits per heavy atom. The van der Waals surface area contributed by atoms with Gasteiger partial charge in [0.15, 0.2) is 0 Å². The molecule has 0 radical (unpaired) electrons. The lowest BCUT2D eigenvalue weighted by molar-refractivity contribution is -0.120. The molecule has 0 aliphatic carbocycles. The van der Waals surface area contributed by atoms with Crippen LogP contribution in [0.4, 0.5) is 17.1 Å². The summed E-state index contributed by atoms with van der Waals surface area (Å²) in [6.45, 7) is 9.56. The molecule has 1 aliphatic heterocycles. The third-order valence-electron chi connectivity index (χ3n) is 5.57. The van der Waals surface area contributed by atoms with Gasteiger partial charge in [-0.05, 0) is 62.4 Å². The van der Waals surface area contributed by atoms with Crippen LogP contribution in [-0.2, 0) is 9.59 Å². The number of aryl methyl sites for hydroxylation is 1. The second kappa shape index (κ2) is 9.09. The standard InChI is InChI=1S/C23H30N4O2/c1-17-6-5-7-22(18(17)2)27(19(3)28)16-23(29)24-20-8-10-21(11-9-20)26-14-12-25(4)13-15-26/h5-11H,12-16H2,1-4H3,(H,24,29). The molecule has 0 bridgehead atoms. The number of anilines is 3. The van der Waals surface area contributed by atoms with Gasteiger partial charge in [-0.25, -0.2) is 0 Å². The summed E-state index contributed by atoms with van der Waals surface area (Å²) in [5.74, 6) is -0.368. The van der Waals surface area contributed by atoms with Gasteiger partial charge in [0, 0.05) is 50.2 Å². The van der Waals surface area contributed by atoms with Crippen molar-refractivity contribution >= 4 is 28.9 Å². The lowest BCUT2D eigenvalue weighted by Crippen LogP contribution is -2.44. The van der Waals surface area contributed by atoms with Gasteiger partial charge in [-0.15, -0.1) is 0 Å². The van der Waals surface area contributed by atoms with Crippen molar-refractivity contribution in [2.75, 3.05) is 54.9 Å². The van der Waals surface area contributed by atoms with Gasteiger partial charge in [0.25, 0.3) is 0 Å². The van der Waals surface area contributed by atoms with Gasteiger partial charge in [0.2, 0.25) is 11.8 Å². The first-order valence-electron chi connectivity index (χ1n) is 10.0. The van der Waals surface area contributed by atoms with Gasteiger partial charge in [0.05, 0.1) is 0 Å². The van der Waals surface area contributed by atoms with Crippen LogP contribution in [0.1, 0.15) is 18.1 Å². The van der Waals surface area contributed by atoms with Crippen molar-refractivity contribution in [3.8, 4) is 0 Å². The molecule has 2 aromatic rings. The highest BCUT2D eigenvalue weighted by atomic mass is 16.2. The van der Waals surface area contributed by atoms with Crippen molar-refractivity contribution in [1.82, 2.24) is 4.90 Å². The van der Waals surface area contributed by atoms with E-state index in [0.29, 0.717) is 0 Å². The number of nitrogens with one attached hydrogen (secondary N) is 1. The second-order valence-electron chi connectivity index (χ2n) is 7.71. The first kappa shape index (κ1) is 20.9. The Balaban J connectivity index is 1.64. The maximum Gasteiger partial charge on any atom is 0.244 e. The molecule has 1 fully saturated rings. The van der Waals surface area contributed by atoms with Gasteiger partial charge in [-0.3, -0.25) is 9.59 Å². The molecular weight excluding hydrogens is 364 g/mol. The van der Waals surface area contributed by atoms with Crippen molar-refractivity contribution < 1.29 is 9.59 Å². The predicted octanol–water partition coefficient (Wildman–Crippen LogP) is 3.05. The van der Waals surface area contributed by atoms with Gasteiger partial charge < -0.3 is 20.0 Å². The molecule has 1 aliphatic rings. The SMILES string of the molecule is CC(=O)N(CC(=O)Nc1ccc(N2CCN(C)CC2)cc1)c1cccc(C)c1C. The molecule has 0 spiro atoms. The van der Waals surface area contributed by atoms with Crippen LogP contribution in [-0.4, -0.2) is 56.5 Å². The van der Waals surface area contributed by atoms with Crippen molar-refractivity contribution in [1.29, 1.82) is 0 Å². The van der Waals surface area contributed by atoms with E-state index in [1.807, 2.05) is 56.3 Å². The number of hydrogen-bond acceptors (Lipinski definition) is 4. The van der Waals surface area contributed by atoms with Gasteiger partial charge in [-0.1, -0.05) is 12.1 Å². The third-order valence-corrected chi connectivity index (χ3v) is 5.57. The van der Waals surface area contributed by atoms with Crippen LogP contribution >= 0.6 is 0 Å². The first-order chi connectivity index (χ1) is 13.8. The van der Waals surface area contributed by atoms with E-state index in [-0.39, 0.29) is 18.4 Å². The smallest absolute Gasteiger partial charge is 0.244 e. The molecule has 2 aromatic carbocycles. The predicted molar refractivity (Wildman–Crippen MR) is 119 cm³/mol. The first-order valence-corrected chi connectivity index (χ1v) is 10.0. The van der Waals surface area contributed by atoms with Crippen LogP contribution in [0.15, 0.2) is 42.5 Å². The van der Waals surface area contributed by atoms with Gasteiger partial charge >= 0.3 is 0 Å². The summed E-state index contributed by atoms with van der Waals surface area (Å²) in [6.07, 6.45) is 0. The Kier molecular flexibility index (Phi) is 6.54. The fourth-order valence-electron chi connectivity index (χ4n) is 3.56. The molecule has 154 valence electrons. The average molecular weight is 395 g/mol. The molecule has 1 saturated heterocycles. The summed E-state index contributed by atoms with van der Waals surface area (Å²) in [5, 5.41) is 2.91. The summed E-state index contributed by atoms with van der Waals surface area (Å²) >= 11 is 0. The largest absolute Gasteiger partial charge is 0.369 e. The lowest BCUT2D eigenvalue weighted by Gasteiger charge is -2.34. The Bertz CT molecular complexity index is 871. The van der Waals surface area contributed by atoms with Gasteiger partial charge in [-0.2, -0.15) is 0 Å². The molecule has 0 unspecified atom stereocenters. The van der Waals surface area contributed by atoms with Crippen molar-refractivity contribution in [2.24, 2.45) is 0 Å². The Morgan fingerprint density at radius 2 is 1.66 bits per heavy atom. The normalized spacial score (nSPS) is 14.6. The highest BCUT2D eigenvalue weighted by molar-refractivity contribution is 6.02. The van der Waals surface area contributed by atoms with Crippen LogP contribution in [0.25, 0.3) is 0 Å². The van der Waals surface area contributed by atoms with Crippen molar-refractivity contribution in [3.05, 3.63) is 53.6 Å². The highest BCUT2D eigenvalue weighted by Gasteiger charge is 2.19. The monoisotopic (exact) mass is 394 g/mol. The van der Waals surface area contributed by atoms with E-state index >= 15 is 0 Å². The van der Waals surface area contributed by atoms with Gasteiger partial charge in [0.1, 0.15) is 6.54 Å². The molecule has 0 aromatic heterocycles. The number of benzene rings is 2. The maximum atomic E-state index is 12.6. The van der Waals surface area contributed by atoms with E-state index in [1.54, 1.807) is 0 Å². The third kappa shape index (κ3) is 5.15. The van der Waals surface area contributed by atoms with Crippen LogP contribution in [0.2, 0.25) is 0 Å². The maximum absolute atomic E-state index is 12.6. The fraction of sp³-hybridized carbons (Fsp3) is 0.391. The summed E-state index contributed by atoms with van der Waals surface area (Å²) in [5.41, 5.74) is 4.77. The Hall–Kier alpha value is -2.86. The molecule has 1 N–H and O–H groups in total. The zero-order chi connectivity index (χ0) is 21.0. The number of carbonyl (C=O) groups excluding carboxylic acids is 2. The minimum absolute atomic E-state index is 0.0140. The molecule has 6 heteroatoms. The molecule has 6 nitrogen and oxygen atoms in total. The minimum Gasteiger partial charge on any atom is -0.369 e. The number of nitrogens with zero attached hydrogens (tertiary/aromatic N) is 3. The molecule has 1 heterocycles. The van der Waals surface area contributed by atoms with E-state index < -0.39 is 0 Å². The Morgan fingerprint density at radius 3 is 2.28 bits per heavy atom. The quantitative estimate of drug-likeness (QED) is 0.847. The second-order valence-corrected chi connectivity index (χ2v) is 7.71. The highest BCUT2D eigenvalue weighted by Crippen LogP contribution is 2.23. The minimum atomic E-state index is -0.214. The molecule has 3 rings (SSSR count). The van der Waals surface area contributed by atoms with E-state index in [2.05, 4.69) is 22.2 Å². The van der Waals surface area contributed by atoms with Crippen LogP contribution in [0.5, 0.6) is 0 Å². The van der Waals surface area contributed by atoms with E-state index in [1.165, 1.54) is 11.8 Å². The van der Waals surface area contributed by atoms with Crippen molar-refractivity contribution in [2.45, 2.75) is 20.8 Å². The molecule has 0 atom stereocenters. The zero-order valence-electron chi connectivity index (χ0n) is 17.7. The van der Waals surface area contributed by atoms with E-state index in [0.717, 1.165) is 54.4 Å². The molecular formula is C23H30N4O2. The number of likely N-dealkylation sites (N-methyl/N-ethyl adjacent to an activating group) is 1. The number of amides is 2. The Labute approximate surface area is 173 Å². The number of carbonyl (C=O) groups is 2.